The maximum atomic E-state index is 13.1. The lowest BCUT2D eigenvalue weighted by molar-refractivity contribution is -0.149. The maximum Gasteiger partial charge on any atom is 0.326 e. The maximum absolute atomic E-state index is 13.1. The number of carboxylic acid groups (broad SMARTS) is 2. The summed E-state index contributed by atoms with van der Waals surface area (Å²) in [5, 5.41) is 23.1. The third-order valence-corrected chi connectivity index (χ3v) is 6.01. The van der Waals surface area contributed by atoms with Gasteiger partial charge in [0, 0.05) is 19.4 Å². The molecular formula is C20H33N5O8S. The minimum Gasteiger partial charge on any atom is -0.481 e. The van der Waals surface area contributed by atoms with E-state index in [9.17, 15) is 33.9 Å². The first-order valence-corrected chi connectivity index (χ1v) is 12.3. The highest BCUT2D eigenvalue weighted by Crippen LogP contribution is 2.20. The summed E-state index contributed by atoms with van der Waals surface area (Å²) >= 11 is 1.44. The summed E-state index contributed by atoms with van der Waals surface area (Å²) in [4.78, 5) is 73.1. The molecule has 4 atom stereocenters. The molecule has 4 amide bonds. The largest absolute Gasteiger partial charge is 0.481 e. The molecule has 192 valence electrons. The fraction of sp³-hybridized carbons (Fsp3) is 0.700. The number of primary amides is 1. The van der Waals surface area contributed by atoms with Crippen molar-refractivity contribution in [3.05, 3.63) is 0 Å². The molecule has 1 aliphatic heterocycles. The third-order valence-electron chi connectivity index (χ3n) is 5.36. The average molecular weight is 504 g/mol. The number of hydrogen-bond acceptors (Lipinski definition) is 8. The van der Waals surface area contributed by atoms with Crippen LogP contribution in [0.5, 0.6) is 0 Å². The van der Waals surface area contributed by atoms with Gasteiger partial charge in [0.1, 0.15) is 18.1 Å². The first kappa shape index (κ1) is 29.2. The van der Waals surface area contributed by atoms with Gasteiger partial charge in [-0.3, -0.25) is 24.0 Å². The number of carbonyl (C=O) groups is 6. The smallest absolute Gasteiger partial charge is 0.326 e. The molecule has 0 spiro atoms. The van der Waals surface area contributed by atoms with Crippen LogP contribution in [-0.4, -0.2) is 93.4 Å². The van der Waals surface area contributed by atoms with Gasteiger partial charge in [-0.05, 0) is 44.1 Å². The topological polar surface area (TPSA) is 222 Å². The highest BCUT2D eigenvalue weighted by molar-refractivity contribution is 7.98. The van der Waals surface area contributed by atoms with Gasteiger partial charge in [-0.1, -0.05) is 0 Å². The third kappa shape index (κ3) is 9.55. The Morgan fingerprint density at radius 1 is 1.00 bits per heavy atom. The zero-order valence-electron chi connectivity index (χ0n) is 19.0. The van der Waals surface area contributed by atoms with E-state index in [1.165, 1.54) is 16.7 Å². The molecule has 0 aromatic rings. The number of nitrogens with zero attached hydrogens (tertiary/aromatic N) is 1. The molecule has 0 aromatic carbocycles. The van der Waals surface area contributed by atoms with Crippen LogP contribution >= 0.6 is 11.8 Å². The average Bonchev–Trinajstić information content (AvgIpc) is 3.27. The molecule has 0 aliphatic carbocycles. The number of thioether (sulfide) groups is 1. The molecule has 1 saturated heterocycles. The van der Waals surface area contributed by atoms with Crippen molar-refractivity contribution in [3.8, 4) is 0 Å². The Kier molecular flexibility index (Phi) is 12.4. The molecule has 1 aliphatic rings. The Balaban J connectivity index is 2.97. The van der Waals surface area contributed by atoms with E-state index in [1.54, 1.807) is 0 Å². The van der Waals surface area contributed by atoms with Crippen molar-refractivity contribution in [1.29, 1.82) is 0 Å². The van der Waals surface area contributed by atoms with Gasteiger partial charge in [-0.25, -0.2) is 4.79 Å². The van der Waals surface area contributed by atoms with Gasteiger partial charge in [0.15, 0.2) is 0 Å². The van der Waals surface area contributed by atoms with E-state index < -0.39 is 59.7 Å². The molecule has 13 nitrogen and oxygen atoms in total. The summed E-state index contributed by atoms with van der Waals surface area (Å²) in [5.74, 6) is -4.55. The number of likely N-dealkylation sites (tertiary alicyclic amines) is 1. The molecule has 34 heavy (non-hydrogen) atoms. The van der Waals surface area contributed by atoms with E-state index in [4.69, 9.17) is 16.6 Å². The second-order valence-electron chi connectivity index (χ2n) is 7.98. The summed E-state index contributed by atoms with van der Waals surface area (Å²) in [6, 6.07) is -4.46. The van der Waals surface area contributed by atoms with Crippen molar-refractivity contribution >= 4 is 47.3 Å². The van der Waals surface area contributed by atoms with Gasteiger partial charge in [0.05, 0.1) is 6.04 Å². The summed E-state index contributed by atoms with van der Waals surface area (Å²) < 4.78 is 0. The van der Waals surface area contributed by atoms with E-state index in [0.717, 1.165) is 0 Å². The molecule has 0 bridgehead atoms. The number of aliphatic carboxylic acids is 2. The SMILES string of the molecule is CSCCC(NC(=O)C(CCC(N)=O)NC(=O)C(N)CCC(=O)O)C(=O)N1CCCC1C(=O)O. The number of rotatable bonds is 15. The predicted molar refractivity (Wildman–Crippen MR) is 123 cm³/mol. The van der Waals surface area contributed by atoms with Gasteiger partial charge < -0.3 is 37.2 Å². The van der Waals surface area contributed by atoms with E-state index in [-0.39, 0.29) is 38.6 Å². The minimum atomic E-state index is -1.26. The zero-order valence-corrected chi connectivity index (χ0v) is 19.8. The number of hydrogen-bond donors (Lipinski definition) is 6. The van der Waals surface area contributed by atoms with Gasteiger partial charge >= 0.3 is 11.9 Å². The van der Waals surface area contributed by atoms with Crippen LogP contribution in [0.4, 0.5) is 0 Å². The summed E-state index contributed by atoms with van der Waals surface area (Å²) in [7, 11) is 0. The molecule has 1 heterocycles. The Morgan fingerprint density at radius 2 is 1.65 bits per heavy atom. The Bertz CT molecular complexity index is 780. The molecule has 0 aromatic heterocycles. The van der Waals surface area contributed by atoms with Gasteiger partial charge in [-0.2, -0.15) is 11.8 Å². The molecule has 8 N–H and O–H groups in total. The number of carbonyl (C=O) groups excluding carboxylic acids is 4. The van der Waals surface area contributed by atoms with Crippen LogP contribution in [0.2, 0.25) is 0 Å². The van der Waals surface area contributed by atoms with Crippen molar-refractivity contribution in [2.45, 2.75) is 69.1 Å². The van der Waals surface area contributed by atoms with Gasteiger partial charge in [-0.15, -0.1) is 0 Å². The highest BCUT2D eigenvalue weighted by Gasteiger charge is 2.38. The van der Waals surface area contributed by atoms with E-state index >= 15 is 0 Å². The fourth-order valence-electron chi connectivity index (χ4n) is 3.50. The van der Waals surface area contributed by atoms with Crippen molar-refractivity contribution in [3.63, 3.8) is 0 Å². The van der Waals surface area contributed by atoms with Crippen LogP contribution in [0.25, 0.3) is 0 Å². The van der Waals surface area contributed by atoms with Crippen molar-refractivity contribution in [1.82, 2.24) is 15.5 Å². The Labute approximate surface area is 201 Å². The fourth-order valence-corrected chi connectivity index (χ4v) is 3.97. The summed E-state index contributed by atoms with van der Waals surface area (Å²) in [6.07, 6.45) is 1.97. The van der Waals surface area contributed by atoms with Crippen molar-refractivity contribution < 1.29 is 39.0 Å². The monoisotopic (exact) mass is 503 g/mol. The van der Waals surface area contributed by atoms with E-state index in [2.05, 4.69) is 10.6 Å². The van der Waals surface area contributed by atoms with Gasteiger partial charge in [0.2, 0.25) is 23.6 Å². The van der Waals surface area contributed by atoms with Crippen LogP contribution in [0.1, 0.15) is 44.9 Å². The number of nitrogens with one attached hydrogen (secondary N) is 2. The lowest BCUT2D eigenvalue weighted by atomic mass is 10.1. The van der Waals surface area contributed by atoms with Gasteiger partial charge in [0.25, 0.3) is 0 Å². The molecule has 14 heteroatoms. The van der Waals surface area contributed by atoms with Crippen molar-refractivity contribution in [2.24, 2.45) is 11.5 Å². The minimum absolute atomic E-state index is 0.161. The number of amides is 4. The molecule has 1 rings (SSSR count). The molecule has 4 unspecified atom stereocenters. The van der Waals surface area contributed by atoms with Crippen LogP contribution in [-0.2, 0) is 28.8 Å². The first-order valence-electron chi connectivity index (χ1n) is 10.9. The van der Waals surface area contributed by atoms with Crippen LogP contribution in [0.3, 0.4) is 0 Å². The van der Waals surface area contributed by atoms with E-state index in [1.807, 2.05) is 6.26 Å². The lowest BCUT2D eigenvalue weighted by Crippen LogP contribution is -2.57. The molecule has 1 fully saturated rings. The second kappa shape index (κ2) is 14.4. The first-order chi connectivity index (χ1) is 16.0. The highest BCUT2D eigenvalue weighted by atomic mass is 32.2. The van der Waals surface area contributed by atoms with Crippen LogP contribution < -0.4 is 22.1 Å². The van der Waals surface area contributed by atoms with Crippen molar-refractivity contribution in [2.75, 3.05) is 18.6 Å². The predicted octanol–water partition coefficient (Wildman–Crippen LogP) is -1.76. The van der Waals surface area contributed by atoms with E-state index in [0.29, 0.717) is 18.6 Å². The normalized spacial score (nSPS) is 17.9. The standard InChI is InChI=1S/C20H33N5O8S/c1-34-10-8-13(19(31)25-9-2-3-14(25)20(32)33)24-18(30)12(5-6-15(22)26)23-17(29)11(21)4-7-16(27)28/h11-14H,2-10,21H2,1H3,(H2,22,26)(H,23,29)(H,24,30)(H,27,28)(H,32,33). The van der Waals surface area contributed by atoms with Crippen LogP contribution in [0, 0.1) is 0 Å². The number of nitrogens with two attached hydrogens (primary N) is 2. The Hall–Kier alpha value is -2.87. The van der Waals surface area contributed by atoms with Crippen LogP contribution in [0.15, 0.2) is 0 Å². The second-order valence-corrected chi connectivity index (χ2v) is 8.96. The quantitative estimate of drug-likeness (QED) is 0.148. The molecular weight excluding hydrogens is 470 g/mol. The Morgan fingerprint density at radius 3 is 2.21 bits per heavy atom. The molecule has 0 radical (unpaired) electrons. The summed E-state index contributed by atoms with van der Waals surface area (Å²) in [6.45, 7) is 0.252. The lowest BCUT2D eigenvalue weighted by Gasteiger charge is -2.29. The number of carboxylic acids is 2. The zero-order chi connectivity index (χ0) is 25.8. The molecule has 0 saturated carbocycles. The summed E-state index contributed by atoms with van der Waals surface area (Å²) in [5.41, 5.74) is 10.9.